The van der Waals surface area contributed by atoms with Crippen LogP contribution in [0.1, 0.15) is 24.8 Å². The van der Waals surface area contributed by atoms with Crippen molar-refractivity contribution in [1.82, 2.24) is 10.6 Å². The third-order valence-electron chi connectivity index (χ3n) is 3.49. The minimum Gasteiger partial charge on any atom is -0.480 e. The predicted molar refractivity (Wildman–Crippen MR) is 75.5 cm³/mol. The van der Waals surface area contributed by atoms with Gasteiger partial charge in [0.25, 0.3) is 0 Å². The first kappa shape index (κ1) is 15.0. The number of rotatable bonds is 6. The van der Waals surface area contributed by atoms with Gasteiger partial charge in [-0.1, -0.05) is 30.3 Å². The Bertz CT molecular complexity index is 530. The van der Waals surface area contributed by atoms with Gasteiger partial charge in [-0.25, -0.2) is 4.79 Å². The molecular formula is C15H18N2O4. The third kappa shape index (κ3) is 4.30. The molecule has 1 aromatic carbocycles. The molecule has 1 fully saturated rings. The highest BCUT2D eigenvalue weighted by molar-refractivity contribution is 5.92. The van der Waals surface area contributed by atoms with E-state index in [0.717, 1.165) is 5.56 Å². The first-order valence-corrected chi connectivity index (χ1v) is 6.92. The Morgan fingerprint density at radius 3 is 2.62 bits per heavy atom. The molecule has 112 valence electrons. The fourth-order valence-corrected chi connectivity index (χ4v) is 2.30. The number of carboxylic acids is 1. The van der Waals surface area contributed by atoms with Gasteiger partial charge in [-0.15, -0.1) is 0 Å². The number of hydrogen-bond donors (Lipinski definition) is 3. The van der Waals surface area contributed by atoms with Crippen molar-refractivity contribution in [2.45, 2.75) is 37.8 Å². The number of nitrogens with one attached hydrogen (secondary N) is 2. The molecule has 0 radical (unpaired) electrons. The van der Waals surface area contributed by atoms with Crippen LogP contribution in [0.5, 0.6) is 0 Å². The minimum absolute atomic E-state index is 0.175. The Morgan fingerprint density at radius 1 is 1.33 bits per heavy atom. The first-order chi connectivity index (χ1) is 10.1. The number of aryl methyl sites for hydroxylation is 1. The molecule has 2 atom stereocenters. The number of carbonyl (C=O) groups is 3. The van der Waals surface area contributed by atoms with Crippen molar-refractivity contribution in [3.63, 3.8) is 0 Å². The van der Waals surface area contributed by atoms with Crippen LogP contribution in [0.4, 0.5) is 0 Å². The first-order valence-electron chi connectivity index (χ1n) is 6.92. The van der Waals surface area contributed by atoms with Crippen LogP contribution in [0.2, 0.25) is 0 Å². The largest absolute Gasteiger partial charge is 0.480 e. The molecule has 0 unspecified atom stereocenters. The molecule has 1 aliphatic rings. The summed E-state index contributed by atoms with van der Waals surface area (Å²) in [5, 5.41) is 14.2. The van der Waals surface area contributed by atoms with Crippen molar-refractivity contribution in [3.8, 4) is 0 Å². The van der Waals surface area contributed by atoms with Crippen LogP contribution in [0.15, 0.2) is 30.3 Å². The van der Waals surface area contributed by atoms with Crippen LogP contribution in [-0.4, -0.2) is 35.0 Å². The van der Waals surface area contributed by atoms with Crippen LogP contribution < -0.4 is 10.6 Å². The van der Waals surface area contributed by atoms with Gasteiger partial charge in [0.15, 0.2) is 0 Å². The van der Waals surface area contributed by atoms with Gasteiger partial charge in [-0.05, 0) is 24.8 Å². The number of carboxylic acid groups (broad SMARTS) is 1. The Morgan fingerprint density at radius 2 is 2.05 bits per heavy atom. The normalized spacial score (nSPS) is 18.9. The summed E-state index contributed by atoms with van der Waals surface area (Å²) in [6.45, 7) is 0. The van der Waals surface area contributed by atoms with Crippen molar-refractivity contribution in [2.75, 3.05) is 0 Å². The highest BCUT2D eigenvalue weighted by Gasteiger charge is 2.30. The maximum Gasteiger partial charge on any atom is 0.326 e. The van der Waals surface area contributed by atoms with Gasteiger partial charge in [0, 0.05) is 6.42 Å². The van der Waals surface area contributed by atoms with E-state index >= 15 is 0 Å². The summed E-state index contributed by atoms with van der Waals surface area (Å²) >= 11 is 0. The van der Waals surface area contributed by atoms with E-state index in [9.17, 15) is 19.5 Å². The molecular weight excluding hydrogens is 272 g/mol. The molecule has 0 saturated carbocycles. The summed E-state index contributed by atoms with van der Waals surface area (Å²) in [4.78, 5) is 34.2. The lowest BCUT2D eigenvalue weighted by molar-refractivity contribution is -0.142. The van der Waals surface area contributed by atoms with E-state index in [4.69, 9.17) is 0 Å². The van der Waals surface area contributed by atoms with Crippen LogP contribution in [0, 0.1) is 0 Å². The van der Waals surface area contributed by atoms with Gasteiger partial charge < -0.3 is 15.7 Å². The molecule has 0 spiro atoms. The van der Waals surface area contributed by atoms with Gasteiger partial charge in [-0.2, -0.15) is 0 Å². The summed E-state index contributed by atoms with van der Waals surface area (Å²) in [5.41, 5.74) is 1.02. The van der Waals surface area contributed by atoms with Gasteiger partial charge >= 0.3 is 5.97 Å². The average molecular weight is 290 g/mol. The number of amides is 2. The smallest absolute Gasteiger partial charge is 0.326 e. The molecule has 1 heterocycles. The van der Waals surface area contributed by atoms with Crippen molar-refractivity contribution >= 4 is 17.8 Å². The highest BCUT2D eigenvalue weighted by Crippen LogP contribution is 2.09. The zero-order valence-corrected chi connectivity index (χ0v) is 11.5. The quantitative estimate of drug-likeness (QED) is 0.709. The van der Waals surface area contributed by atoms with Crippen molar-refractivity contribution in [2.24, 2.45) is 0 Å². The van der Waals surface area contributed by atoms with Crippen LogP contribution in [0.3, 0.4) is 0 Å². The lowest BCUT2D eigenvalue weighted by Gasteiger charge is -2.17. The summed E-state index contributed by atoms with van der Waals surface area (Å²) in [6.07, 6.45) is 1.59. The number of carbonyl (C=O) groups excluding carboxylic acids is 2. The Hall–Kier alpha value is -2.37. The molecule has 21 heavy (non-hydrogen) atoms. The number of benzene rings is 1. The lowest BCUT2D eigenvalue weighted by atomic mass is 10.0. The Kier molecular flexibility index (Phi) is 4.92. The molecule has 0 aliphatic carbocycles. The average Bonchev–Trinajstić information content (AvgIpc) is 2.90. The zero-order valence-electron chi connectivity index (χ0n) is 11.5. The van der Waals surface area contributed by atoms with E-state index in [-0.39, 0.29) is 5.91 Å². The molecule has 3 N–H and O–H groups in total. The monoisotopic (exact) mass is 290 g/mol. The molecule has 1 saturated heterocycles. The molecule has 6 heteroatoms. The fraction of sp³-hybridized carbons (Fsp3) is 0.400. The summed E-state index contributed by atoms with van der Waals surface area (Å²) in [6, 6.07) is 7.93. The molecule has 1 aliphatic heterocycles. The van der Waals surface area contributed by atoms with Crippen LogP contribution >= 0.6 is 0 Å². The predicted octanol–water partition coefficient (Wildman–Crippen LogP) is 0.467. The fourth-order valence-electron chi connectivity index (χ4n) is 2.30. The zero-order chi connectivity index (χ0) is 15.2. The van der Waals surface area contributed by atoms with E-state index in [1.807, 2.05) is 30.3 Å². The van der Waals surface area contributed by atoms with E-state index in [2.05, 4.69) is 10.6 Å². The second-order valence-electron chi connectivity index (χ2n) is 5.08. The second kappa shape index (κ2) is 6.88. The molecule has 0 bridgehead atoms. The topological polar surface area (TPSA) is 95.5 Å². The van der Waals surface area contributed by atoms with E-state index in [0.29, 0.717) is 25.7 Å². The SMILES string of the molecule is O=C1CC[C@@H](C(=O)N[C@H](CCc2ccccc2)C(=O)O)N1. The van der Waals surface area contributed by atoms with E-state index in [1.54, 1.807) is 0 Å². The lowest BCUT2D eigenvalue weighted by Crippen LogP contribution is -2.48. The van der Waals surface area contributed by atoms with E-state index in [1.165, 1.54) is 0 Å². The van der Waals surface area contributed by atoms with Gasteiger partial charge in [0.2, 0.25) is 11.8 Å². The molecule has 2 amide bonds. The van der Waals surface area contributed by atoms with Crippen LogP contribution in [0.25, 0.3) is 0 Å². The van der Waals surface area contributed by atoms with Crippen molar-refractivity contribution in [1.29, 1.82) is 0 Å². The Balaban J connectivity index is 1.88. The van der Waals surface area contributed by atoms with Gasteiger partial charge in [-0.3, -0.25) is 9.59 Å². The van der Waals surface area contributed by atoms with E-state index < -0.39 is 24.0 Å². The molecule has 0 aromatic heterocycles. The van der Waals surface area contributed by atoms with Gasteiger partial charge in [0.1, 0.15) is 12.1 Å². The highest BCUT2D eigenvalue weighted by atomic mass is 16.4. The molecule has 1 aromatic rings. The number of aliphatic carboxylic acids is 1. The second-order valence-corrected chi connectivity index (χ2v) is 5.08. The van der Waals surface area contributed by atoms with Gasteiger partial charge in [0.05, 0.1) is 0 Å². The molecule has 2 rings (SSSR count). The Labute approximate surface area is 122 Å². The standard InChI is InChI=1S/C15H18N2O4/c18-13-9-8-11(16-13)14(19)17-12(15(20)21)7-6-10-4-2-1-3-5-10/h1-5,11-12H,6-9H2,(H,16,18)(H,17,19)(H,20,21)/t11-,12+/m0/s1. The summed E-state index contributed by atoms with van der Waals surface area (Å²) in [5.74, 6) is -1.67. The third-order valence-corrected chi connectivity index (χ3v) is 3.49. The summed E-state index contributed by atoms with van der Waals surface area (Å²) in [7, 11) is 0. The maximum absolute atomic E-state index is 11.9. The van der Waals surface area contributed by atoms with Crippen molar-refractivity contribution < 1.29 is 19.5 Å². The summed E-state index contributed by atoms with van der Waals surface area (Å²) < 4.78 is 0. The number of hydrogen-bond acceptors (Lipinski definition) is 3. The van der Waals surface area contributed by atoms with Crippen molar-refractivity contribution in [3.05, 3.63) is 35.9 Å². The minimum atomic E-state index is -1.07. The maximum atomic E-state index is 11.9. The van der Waals surface area contributed by atoms with Crippen LogP contribution in [-0.2, 0) is 20.8 Å². The molecule has 6 nitrogen and oxygen atoms in total.